The third-order valence-corrected chi connectivity index (χ3v) is 4.01. The van der Waals surface area contributed by atoms with Crippen molar-refractivity contribution in [2.24, 2.45) is 0 Å². The minimum Gasteiger partial charge on any atom is -0.373 e. The van der Waals surface area contributed by atoms with Gasteiger partial charge in [-0.1, -0.05) is 24.3 Å². The van der Waals surface area contributed by atoms with Gasteiger partial charge < -0.3 is 15.0 Å². The number of rotatable bonds is 3. The molecular weight excluding hydrogens is 224 g/mol. The summed E-state index contributed by atoms with van der Waals surface area (Å²) in [6.07, 6.45) is 2.50. The van der Waals surface area contributed by atoms with Gasteiger partial charge in [0.2, 0.25) is 0 Å². The highest BCUT2D eigenvalue weighted by atomic mass is 16.5. The molecule has 1 fully saturated rings. The van der Waals surface area contributed by atoms with E-state index in [-0.39, 0.29) is 0 Å². The zero-order chi connectivity index (χ0) is 12.2. The Bertz CT molecular complexity index is 388. The summed E-state index contributed by atoms with van der Waals surface area (Å²) in [7, 11) is 0. The Labute approximate surface area is 109 Å². The van der Waals surface area contributed by atoms with Crippen LogP contribution in [-0.2, 0) is 11.2 Å². The summed E-state index contributed by atoms with van der Waals surface area (Å²) in [6.45, 7) is 6.64. The molecule has 3 nitrogen and oxygen atoms in total. The van der Waals surface area contributed by atoms with Gasteiger partial charge in [-0.15, -0.1) is 0 Å². The lowest BCUT2D eigenvalue weighted by Crippen LogP contribution is -2.44. The monoisotopic (exact) mass is 246 g/mol. The van der Waals surface area contributed by atoms with E-state index >= 15 is 0 Å². The second-order valence-corrected chi connectivity index (χ2v) is 5.19. The standard InChI is InChI=1S/C15H22N2O/c1-2-4-14-13(3-1)6-12-18-15(14)5-9-17-10-7-16-8-11-17/h1-4,15-16H,5-12H2. The Balaban J connectivity index is 1.60. The van der Waals surface area contributed by atoms with Crippen molar-refractivity contribution in [2.75, 3.05) is 39.3 Å². The van der Waals surface area contributed by atoms with Crippen molar-refractivity contribution in [3.8, 4) is 0 Å². The maximum atomic E-state index is 5.95. The fraction of sp³-hybridized carbons (Fsp3) is 0.600. The van der Waals surface area contributed by atoms with Crippen LogP contribution in [-0.4, -0.2) is 44.2 Å². The summed E-state index contributed by atoms with van der Waals surface area (Å²) >= 11 is 0. The Morgan fingerprint density at radius 3 is 2.94 bits per heavy atom. The Morgan fingerprint density at radius 2 is 2.06 bits per heavy atom. The topological polar surface area (TPSA) is 24.5 Å². The first-order valence-electron chi connectivity index (χ1n) is 7.06. The summed E-state index contributed by atoms with van der Waals surface area (Å²) in [6, 6.07) is 8.75. The molecule has 0 saturated carbocycles. The fourth-order valence-corrected chi connectivity index (χ4v) is 2.95. The summed E-state index contributed by atoms with van der Waals surface area (Å²) in [4.78, 5) is 2.54. The Morgan fingerprint density at radius 1 is 1.22 bits per heavy atom. The average Bonchev–Trinajstić information content (AvgIpc) is 2.46. The lowest BCUT2D eigenvalue weighted by molar-refractivity contribution is 0.0285. The second kappa shape index (κ2) is 5.83. The lowest BCUT2D eigenvalue weighted by atomic mass is 9.96. The molecule has 98 valence electrons. The zero-order valence-corrected chi connectivity index (χ0v) is 10.9. The van der Waals surface area contributed by atoms with Crippen molar-refractivity contribution >= 4 is 0 Å². The van der Waals surface area contributed by atoms with Crippen LogP contribution >= 0.6 is 0 Å². The molecule has 0 aromatic heterocycles. The van der Waals surface area contributed by atoms with Gasteiger partial charge in [-0.25, -0.2) is 0 Å². The van der Waals surface area contributed by atoms with E-state index in [1.54, 1.807) is 0 Å². The van der Waals surface area contributed by atoms with Crippen LogP contribution in [0.25, 0.3) is 0 Å². The first kappa shape index (κ1) is 12.2. The number of hydrogen-bond donors (Lipinski definition) is 1. The molecule has 0 bridgehead atoms. The van der Waals surface area contributed by atoms with Crippen molar-refractivity contribution in [3.05, 3.63) is 35.4 Å². The highest BCUT2D eigenvalue weighted by Gasteiger charge is 2.21. The van der Waals surface area contributed by atoms with Crippen molar-refractivity contribution in [1.29, 1.82) is 0 Å². The van der Waals surface area contributed by atoms with E-state index < -0.39 is 0 Å². The molecule has 1 unspecified atom stereocenters. The van der Waals surface area contributed by atoms with Gasteiger partial charge in [-0.3, -0.25) is 0 Å². The quantitative estimate of drug-likeness (QED) is 0.876. The van der Waals surface area contributed by atoms with Gasteiger partial charge in [0.15, 0.2) is 0 Å². The van der Waals surface area contributed by atoms with Crippen LogP contribution in [0, 0.1) is 0 Å². The number of hydrogen-bond acceptors (Lipinski definition) is 3. The maximum Gasteiger partial charge on any atom is 0.0839 e. The number of piperazine rings is 1. The zero-order valence-electron chi connectivity index (χ0n) is 10.9. The molecule has 3 rings (SSSR count). The maximum absolute atomic E-state index is 5.95. The third kappa shape index (κ3) is 2.74. The number of ether oxygens (including phenoxy) is 1. The van der Waals surface area contributed by atoms with E-state index in [9.17, 15) is 0 Å². The molecule has 0 aliphatic carbocycles. The molecule has 1 aromatic carbocycles. The van der Waals surface area contributed by atoms with Gasteiger partial charge in [0.05, 0.1) is 12.7 Å². The minimum atomic E-state index is 0.310. The molecule has 1 N–H and O–H groups in total. The van der Waals surface area contributed by atoms with Crippen LogP contribution < -0.4 is 5.32 Å². The highest BCUT2D eigenvalue weighted by molar-refractivity contribution is 5.30. The number of nitrogens with zero attached hydrogens (tertiary/aromatic N) is 1. The molecular formula is C15H22N2O. The molecule has 2 aliphatic rings. The van der Waals surface area contributed by atoms with Crippen molar-refractivity contribution in [3.63, 3.8) is 0 Å². The van der Waals surface area contributed by atoms with Crippen molar-refractivity contribution in [1.82, 2.24) is 10.2 Å². The van der Waals surface area contributed by atoms with Gasteiger partial charge in [0.25, 0.3) is 0 Å². The van der Waals surface area contributed by atoms with E-state index in [1.165, 1.54) is 24.2 Å². The van der Waals surface area contributed by atoms with Gasteiger partial charge in [0.1, 0.15) is 0 Å². The number of benzene rings is 1. The molecule has 3 heteroatoms. The van der Waals surface area contributed by atoms with Crippen LogP contribution in [0.3, 0.4) is 0 Å². The van der Waals surface area contributed by atoms with E-state index in [0.29, 0.717) is 6.10 Å². The summed E-state index contributed by atoms with van der Waals surface area (Å²) in [5.41, 5.74) is 2.90. The van der Waals surface area contributed by atoms with Gasteiger partial charge in [-0.05, 0) is 24.0 Å². The SMILES string of the molecule is c1ccc2c(c1)CCOC2CCN1CCNCC1. The van der Waals surface area contributed by atoms with Gasteiger partial charge in [0, 0.05) is 32.7 Å². The van der Waals surface area contributed by atoms with Crippen molar-refractivity contribution in [2.45, 2.75) is 18.9 Å². The molecule has 1 saturated heterocycles. The third-order valence-electron chi connectivity index (χ3n) is 4.01. The molecule has 0 radical (unpaired) electrons. The van der Waals surface area contributed by atoms with Crippen LogP contribution in [0.4, 0.5) is 0 Å². The van der Waals surface area contributed by atoms with E-state index in [4.69, 9.17) is 4.74 Å². The molecule has 1 aromatic rings. The first-order chi connectivity index (χ1) is 8.93. The normalized spacial score (nSPS) is 24.8. The lowest BCUT2D eigenvalue weighted by Gasteiger charge is -2.31. The number of nitrogens with one attached hydrogen (secondary N) is 1. The Kier molecular flexibility index (Phi) is 3.93. The molecule has 0 amide bonds. The molecule has 0 spiro atoms. The van der Waals surface area contributed by atoms with E-state index in [2.05, 4.69) is 34.5 Å². The van der Waals surface area contributed by atoms with Crippen LogP contribution in [0.15, 0.2) is 24.3 Å². The molecule has 2 heterocycles. The fourth-order valence-electron chi connectivity index (χ4n) is 2.95. The minimum absolute atomic E-state index is 0.310. The highest BCUT2D eigenvalue weighted by Crippen LogP contribution is 2.29. The smallest absolute Gasteiger partial charge is 0.0839 e. The van der Waals surface area contributed by atoms with Gasteiger partial charge in [-0.2, -0.15) is 0 Å². The average molecular weight is 246 g/mol. The summed E-state index contributed by atoms with van der Waals surface area (Å²) < 4.78 is 5.95. The predicted octanol–water partition coefficient (Wildman–Crippen LogP) is 1.60. The largest absolute Gasteiger partial charge is 0.373 e. The summed E-state index contributed by atoms with van der Waals surface area (Å²) in [5, 5.41) is 3.40. The molecule has 18 heavy (non-hydrogen) atoms. The first-order valence-corrected chi connectivity index (χ1v) is 7.06. The van der Waals surface area contributed by atoms with Gasteiger partial charge >= 0.3 is 0 Å². The molecule has 1 atom stereocenters. The second-order valence-electron chi connectivity index (χ2n) is 5.19. The van der Waals surface area contributed by atoms with E-state index in [0.717, 1.165) is 39.1 Å². The molecule has 2 aliphatic heterocycles. The summed E-state index contributed by atoms with van der Waals surface area (Å²) in [5.74, 6) is 0. The van der Waals surface area contributed by atoms with Crippen molar-refractivity contribution < 1.29 is 4.74 Å². The van der Waals surface area contributed by atoms with Crippen LogP contribution in [0.1, 0.15) is 23.7 Å². The van der Waals surface area contributed by atoms with Crippen LogP contribution in [0.5, 0.6) is 0 Å². The van der Waals surface area contributed by atoms with Crippen LogP contribution in [0.2, 0.25) is 0 Å². The number of fused-ring (bicyclic) bond motifs is 1. The predicted molar refractivity (Wildman–Crippen MR) is 72.8 cm³/mol. The van der Waals surface area contributed by atoms with E-state index in [1.807, 2.05) is 0 Å². The Hall–Kier alpha value is -0.900.